The molecule has 170 valence electrons. The maximum atomic E-state index is 12.5. The van der Waals surface area contributed by atoms with E-state index >= 15 is 0 Å². The Bertz CT molecular complexity index is 1190. The van der Waals surface area contributed by atoms with Crippen molar-refractivity contribution in [3.8, 4) is 11.4 Å². The summed E-state index contributed by atoms with van der Waals surface area (Å²) >= 11 is 7.23. The van der Waals surface area contributed by atoms with Crippen LogP contribution in [0.25, 0.3) is 11.4 Å². The first-order chi connectivity index (χ1) is 15.2. The second kappa shape index (κ2) is 10.5. The van der Waals surface area contributed by atoms with Crippen LogP contribution in [0, 0.1) is 0 Å². The van der Waals surface area contributed by atoms with Crippen LogP contribution >= 0.6 is 23.4 Å². The highest BCUT2D eigenvalue weighted by atomic mass is 35.5. The molecule has 0 fully saturated rings. The van der Waals surface area contributed by atoms with Gasteiger partial charge in [-0.15, -0.1) is 10.2 Å². The zero-order chi connectivity index (χ0) is 23.3. The molecule has 0 aliphatic heterocycles. The average Bonchev–Trinajstić information content (AvgIpc) is 3.19. The van der Waals surface area contributed by atoms with Crippen molar-refractivity contribution in [2.75, 3.05) is 19.8 Å². The lowest BCUT2D eigenvalue weighted by atomic mass is 10.2. The van der Waals surface area contributed by atoms with Gasteiger partial charge in [-0.25, -0.2) is 12.7 Å². The van der Waals surface area contributed by atoms with Crippen LogP contribution in [0.1, 0.15) is 12.5 Å². The molecular formula is C21H24ClN5O3S2. The highest BCUT2D eigenvalue weighted by Crippen LogP contribution is 2.25. The second-order valence-corrected chi connectivity index (χ2v) is 10.5. The van der Waals surface area contributed by atoms with Gasteiger partial charge >= 0.3 is 0 Å². The van der Waals surface area contributed by atoms with E-state index in [-0.39, 0.29) is 23.1 Å². The Hall–Kier alpha value is -2.40. The van der Waals surface area contributed by atoms with Crippen LogP contribution in [0.5, 0.6) is 0 Å². The molecule has 1 N–H and O–H groups in total. The summed E-state index contributed by atoms with van der Waals surface area (Å²) in [5.41, 5.74) is 1.42. The predicted molar refractivity (Wildman–Crippen MR) is 126 cm³/mol. The van der Waals surface area contributed by atoms with Crippen molar-refractivity contribution in [1.82, 2.24) is 24.4 Å². The highest BCUT2D eigenvalue weighted by Gasteiger charge is 2.21. The summed E-state index contributed by atoms with van der Waals surface area (Å²) in [4.78, 5) is 12.6. The molecule has 1 amide bonds. The fourth-order valence-corrected chi connectivity index (χ4v) is 5.04. The molecule has 0 aliphatic carbocycles. The van der Waals surface area contributed by atoms with Gasteiger partial charge in [0.15, 0.2) is 11.0 Å². The number of rotatable bonds is 9. The average molecular weight is 494 g/mol. The second-order valence-electron chi connectivity index (χ2n) is 7.02. The lowest BCUT2D eigenvalue weighted by Gasteiger charge is -2.15. The van der Waals surface area contributed by atoms with E-state index in [4.69, 9.17) is 11.6 Å². The first-order valence-corrected chi connectivity index (χ1v) is 12.6. The Morgan fingerprint density at radius 2 is 1.81 bits per heavy atom. The number of sulfonamides is 1. The Balaban J connectivity index is 1.65. The zero-order valence-corrected chi connectivity index (χ0v) is 20.3. The van der Waals surface area contributed by atoms with Crippen LogP contribution < -0.4 is 5.32 Å². The Morgan fingerprint density at radius 3 is 2.47 bits per heavy atom. The summed E-state index contributed by atoms with van der Waals surface area (Å²) in [5, 5.41) is 12.5. The van der Waals surface area contributed by atoms with E-state index in [1.807, 2.05) is 23.6 Å². The molecule has 0 spiro atoms. The number of aromatic nitrogens is 3. The third-order valence-corrected chi connectivity index (χ3v) is 7.81. The van der Waals surface area contributed by atoms with E-state index in [9.17, 15) is 13.2 Å². The smallest absolute Gasteiger partial charge is 0.242 e. The molecule has 1 heterocycles. The Kier molecular flexibility index (Phi) is 7.94. The standard InChI is InChI=1S/C21H24ClN5O3S2/c1-4-27-20(15-9-11-17(22)12-10-15)24-25-21(27)31-14-19(28)23-13-16-7-5-6-8-18(16)32(29,30)26(2)3/h5-12H,4,13-14H2,1-3H3,(H,23,28). The van der Waals surface area contributed by atoms with Crippen LogP contribution in [-0.4, -0.2) is 53.2 Å². The van der Waals surface area contributed by atoms with Gasteiger partial charge in [0.25, 0.3) is 0 Å². The number of hydrogen-bond acceptors (Lipinski definition) is 6. The molecule has 0 aliphatic rings. The molecule has 8 nitrogen and oxygen atoms in total. The number of hydrogen-bond donors (Lipinski definition) is 1. The molecule has 11 heteroatoms. The van der Waals surface area contributed by atoms with E-state index in [1.165, 1.54) is 31.9 Å². The van der Waals surface area contributed by atoms with Crippen molar-refractivity contribution in [3.05, 3.63) is 59.1 Å². The monoisotopic (exact) mass is 493 g/mol. The SMILES string of the molecule is CCn1c(SCC(=O)NCc2ccccc2S(=O)(=O)N(C)C)nnc1-c1ccc(Cl)cc1. The molecule has 0 saturated heterocycles. The quantitative estimate of drug-likeness (QED) is 0.459. The fourth-order valence-electron chi connectivity index (χ4n) is 2.97. The van der Waals surface area contributed by atoms with Gasteiger partial charge in [0, 0.05) is 37.8 Å². The van der Waals surface area contributed by atoms with Gasteiger partial charge in [-0.3, -0.25) is 4.79 Å². The third-order valence-electron chi connectivity index (χ3n) is 4.68. The predicted octanol–water partition coefficient (Wildman–Crippen LogP) is 3.28. The molecule has 1 aromatic heterocycles. The van der Waals surface area contributed by atoms with Crippen molar-refractivity contribution >= 4 is 39.3 Å². The van der Waals surface area contributed by atoms with Crippen LogP contribution in [0.3, 0.4) is 0 Å². The van der Waals surface area contributed by atoms with Crippen molar-refractivity contribution in [2.45, 2.75) is 30.1 Å². The molecule has 2 aromatic carbocycles. The molecule has 3 rings (SSSR count). The summed E-state index contributed by atoms with van der Waals surface area (Å²) in [7, 11) is -0.648. The van der Waals surface area contributed by atoms with Gasteiger partial charge in [-0.2, -0.15) is 0 Å². The molecule has 0 bridgehead atoms. The summed E-state index contributed by atoms with van der Waals surface area (Å²) in [5.74, 6) is 0.599. The van der Waals surface area contributed by atoms with Crippen LogP contribution in [0.15, 0.2) is 58.6 Å². The molecule has 0 atom stereocenters. The number of carbonyl (C=O) groups excluding carboxylic acids is 1. The number of nitrogens with zero attached hydrogens (tertiary/aromatic N) is 4. The molecule has 3 aromatic rings. The minimum atomic E-state index is -3.60. The minimum absolute atomic E-state index is 0.110. The zero-order valence-electron chi connectivity index (χ0n) is 17.9. The normalized spacial score (nSPS) is 11.7. The summed E-state index contributed by atoms with van der Waals surface area (Å²) in [6.07, 6.45) is 0. The number of nitrogens with one attached hydrogen (secondary N) is 1. The van der Waals surface area contributed by atoms with Crippen molar-refractivity contribution in [3.63, 3.8) is 0 Å². The van der Waals surface area contributed by atoms with Crippen LogP contribution in [0.2, 0.25) is 5.02 Å². The Labute approximate surface area is 197 Å². The number of amides is 1. The van der Waals surface area contributed by atoms with Gasteiger partial charge in [0.2, 0.25) is 15.9 Å². The first kappa shape index (κ1) is 24.2. The summed E-state index contributed by atoms with van der Waals surface area (Å²) in [6.45, 7) is 2.73. The minimum Gasteiger partial charge on any atom is -0.351 e. The molecular weight excluding hydrogens is 470 g/mol. The number of benzene rings is 2. The van der Waals surface area contributed by atoms with Gasteiger partial charge in [0.1, 0.15) is 0 Å². The Morgan fingerprint density at radius 1 is 1.12 bits per heavy atom. The molecule has 0 saturated carbocycles. The van der Waals surface area contributed by atoms with E-state index in [2.05, 4.69) is 15.5 Å². The molecule has 0 unspecified atom stereocenters. The van der Waals surface area contributed by atoms with Crippen molar-refractivity contribution < 1.29 is 13.2 Å². The maximum Gasteiger partial charge on any atom is 0.242 e. The highest BCUT2D eigenvalue weighted by molar-refractivity contribution is 7.99. The summed E-state index contributed by atoms with van der Waals surface area (Å²) in [6, 6.07) is 14.0. The van der Waals surface area contributed by atoms with Gasteiger partial charge in [-0.1, -0.05) is 41.6 Å². The van der Waals surface area contributed by atoms with Crippen molar-refractivity contribution in [1.29, 1.82) is 0 Å². The largest absolute Gasteiger partial charge is 0.351 e. The van der Waals surface area contributed by atoms with Crippen molar-refractivity contribution in [2.24, 2.45) is 0 Å². The third kappa shape index (κ3) is 5.50. The van der Waals surface area contributed by atoms with Crippen LogP contribution in [-0.2, 0) is 27.9 Å². The number of halogens is 1. The fraction of sp³-hybridized carbons (Fsp3) is 0.286. The molecule has 0 radical (unpaired) electrons. The van der Waals surface area contributed by atoms with Gasteiger partial charge in [0.05, 0.1) is 10.6 Å². The van der Waals surface area contributed by atoms with E-state index < -0.39 is 10.0 Å². The summed E-state index contributed by atoms with van der Waals surface area (Å²) < 4.78 is 28.1. The topological polar surface area (TPSA) is 97.2 Å². The van der Waals surface area contributed by atoms with Gasteiger partial charge in [-0.05, 0) is 42.8 Å². The van der Waals surface area contributed by atoms with Crippen LogP contribution in [0.4, 0.5) is 0 Å². The number of thioether (sulfide) groups is 1. The maximum absolute atomic E-state index is 12.5. The molecule has 32 heavy (non-hydrogen) atoms. The van der Waals surface area contributed by atoms with E-state index in [0.717, 1.165) is 9.87 Å². The lowest BCUT2D eigenvalue weighted by molar-refractivity contribution is -0.118. The van der Waals surface area contributed by atoms with E-state index in [0.29, 0.717) is 28.1 Å². The first-order valence-electron chi connectivity index (χ1n) is 9.83. The number of carbonyl (C=O) groups is 1. The van der Waals surface area contributed by atoms with Gasteiger partial charge < -0.3 is 9.88 Å². The lowest BCUT2D eigenvalue weighted by Crippen LogP contribution is -2.28. The van der Waals surface area contributed by atoms with E-state index in [1.54, 1.807) is 30.3 Å².